The molecule has 0 atom stereocenters. The van der Waals surface area contributed by atoms with Crippen LogP contribution in [0, 0.1) is 0 Å². The molecule has 0 saturated heterocycles. The van der Waals surface area contributed by atoms with Crippen LogP contribution in [-0.2, 0) is 0 Å². The summed E-state index contributed by atoms with van der Waals surface area (Å²) >= 11 is 0. The number of benzene rings is 4. The Morgan fingerprint density at radius 3 is 2.29 bits per heavy atom. The number of phenols is 1. The number of para-hydroxylation sites is 1. The maximum atomic E-state index is 9.54. The summed E-state index contributed by atoms with van der Waals surface area (Å²) < 4.78 is 0. The fraction of sp³-hybridized carbons (Fsp3) is 0. The second-order valence-corrected chi connectivity index (χ2v) is 6.81. The minimum absolute atomic E-state index is 0.252. The Morgan fingerprint density at radius 1 is 0.679 bits per heavy atom. The van der Waals surface area contributed by atoms with E-state index in [1.54, 1.807) is 12.1 Å². The van der Waals surface area contributed by atoms with Crippen molar-refractivity contribution < 1.29 is 5.11 Å². The van der Waals surface area contributed by atoms with Gasteiger partial charge in [0.05, 0.1) is 16.9 Å². The summed E-state index contributed by atoms with van der Waals surface area (Å²) in [6, 6.07) is 32.0. The number of rotatable bonds is 3. The van der Waals surface area contributed by atoms with Crippen molar-refractivity contribution in [2.24, 2.45) is 0 Å². The number of pyridine rings is 1. The Hall–Kier alpha value is -3.85. The van der Waals surface area contributed by atoms with Gasteiger partial charge >= 0.3 is 0 Å². The molecule has 4 aromatic carbocycles. The Kier molecular flexibility index (Phi) is 3.91. The first-order valence-corrected chi connectivity index (χ1v) is 9.21. The molecule has 134 valence electrons. The maximum absolute atomic E-state index is 9.54. The van der Waals surface area contributed by atoms with Crippen LogP contribution in [0.25, 0.3) is 32.9 Å². The van der Waals surface area contributed by atoms with Crippen LogP contribution in [0.2, 0.25) is 0 Å². The zero-order valence-electron chi connectivity index (χ0n) is 15.1. The number of hydrogen-bond acceptors (Lipinski definition) is 3. The molecule has 0 saturated carbocycles. The third-order valence-corrected chi connectivity index (χ3v) is 4.91. The van der Waals surface area contributed by atoms with Gasteiger partial charge in [0.2, 0.25) is 0 Å². The first-order chi connectivity index (χ1) is 13.8. The molecule has 1 aromatic heterocycles. The molecule has 0 unspecified atom stereocenters. The van der Waals surface area contributed by atoms with E-state index in [4.69, 9.17) is 4.98 Å². The van der Waals surface area contributed by atoms with Crippen LogP contribution in [-0.4, -0.2) is 10.1 Å². The lowest BCUT2D eigenvalue weighted by Gasteiger charge is -2.13. The van der Waals surface area contributed by atoms with E-state index in [9.17, 15) is 5.11 Å². The number of aromatic hydroxyl groups is 1. The predicted molar refractivity (Wildman–Crippen MR) is 116 cm³/mol. The minimum atomic E-state index is 0.252. The largest absolute Gasteiger partial charge is 0.508 e. The van der Waals surface area contributed by atoms with Gasteiger partial charge in [0, 0.05) is 16.6 Å². The zero-order chi connectivity index (χ0) is 18.9. The van der Waals surface area contributed by atoms with Gasteiger partial charge in [-0.15, -0.1) is 0 Å². The molecule has 0 aliphatic carbocycles. The van der Waals surface area contributed by atoms with Crippen molar-refractivity contribution in [3.05, 3.63) is 97.1 Å². The van der Waals surface area contributed by atoms with Gasteiger partial charge in [-0.05, 0) is 53.2 Å². The Morgan fingerprint density at radius 2 is 1.43 bits per heavy atom. The Balaban J connectivity index is 1.65. The molecule has 0 spiro atoms. The van der Waals surface area contributed by atoms with Gasteiger partial charge in [0.25, 0.3) is 0 Å². The lowest BCUT2D eigenvalue weighted by Crippen LogP contribution is -1.95. The Labute approximate surface area is 162 Å². The van der Waals surface area contributed by atoms with E-state index in [2.05, 4.69) is 59.9 Å². The van der Waals surface area contributed by atoms with Crippen LogP contribution in [0.3, 0.4) is 0 Å². The second-order valence-electron chi connectivity index (χ2n) is 6.81. The van der Waals surface area contributed by atoms with Crippen molar-refractivity contribution in [2.75, 3.05) is 5.32 Å². The number of nitrogens with one attached hydrogen (secondary N) is 1. The predicted octanol–water partition coefficient (Wildman–Crippen LogP) is 6.50. The van der Waals surface area contributed by atoms with Crippen molar-refractivity contribution in [3.63, 3.8) is 0 Å². The third-order valence-electron chi connectivity index (χ3n) is 4.91. The summed E-state index contributed by atoms with van der Waals surface area (Å²) in [5.41, 5.74) is 4.84. The van der Waals surface area contributed by atoms with Gasteiger partial charge in [-0.3, -0.25) is 0 Å². The monoisotopic (exact) mass is 362 g/mol. The van der Waals surface area contributed by atoms with Gasteiger partial charge in [0.15, 0.2) is 0 Å². The normalized spacial score (nSPS) is 11.0. The molecule has 0 bridgehead atoms. The summed E-state index contributed by atoms with van der Waals surface area (Å²) in [4.78, 5) is 4.89. The van der Waals surface area contributed by atoms with E-state index in [0.29, 0.717) is 0 Å². The molecular weight excluding hydrogens is 344 g/mol. The van der Waals surface area contributed by atoms with Crippen molar-refractivity contribution in [1.82, 2.24) is 4.98 Å². The highest BCUT2D eigenvalue weighted by molar-refractivity contribution is 5.96. The molecule has 3 nitrogen and oxygen atoms in total. The summed E-state index contributed by atoms with van der Waals surface area (Å²) in [6.07, 6.45) is 0. The van der Waals surface area contributed by atoms with Crippen molar-refractivity contribution in [1.29, 1.82) is 0 Å². The fourth-order valence-corrected chi connectivity index (χ4v) is 3.48. The average molecular weight is 362 g/mol. The topological polar surface area (TPSA) is 45.1 Å². The third kappa shape index (κ3) is 3.03. The first-order valence-electron chi connectivity index (χ1n) is 9.21. The molecule has 1 heterocycles. The van der Waals surface area contributed by atoms with Gasteiger partial charge in [-0.1, -0.05) is 54.6 Å². The SMILES string of the molecule is Oc1ccc(Nc2cc(-c3ccc4ccccc4c3)nc3ccccc23)cc1. The minimum Gasteiger partial charge on any atom is -0.508 e. The highest BCUT2D eigenvalue weighted by atomic mass is 16.3. The van der Waals surface area contributed by atoms with Crippen molar-refractivity contribution >= 4 is 33.1 Å². The number of hydrogen-bond donors (Lipinski definition) is 2. The molecule has 0 amide bonds. The molecule has 5 rings (SSSR count). The number of aromatic nitrogens is 1. The van der Waals surface area contributed by atoms with E-state index in [1.807, 2.05) is 30.3 Å². The highest BCUT2D eigenvalue weighted by Crippen LogP contribution is 2.32. The van der Waals surface area contributed by atoms with E-state index < -0.39 is 0 Å². The van der Waals surface area contributed by atoms with E-state index in [1.165, 1.54) is 10.8 Å². The molecule has 0 aliphatic heterocycles. The highest BCUT2D eigenvalue weighted by Gasteiger charge is 2.09. The first kappa shape index (κ1) is 16.3. The number of anilines is 2. The van der Waals surface area contributed by atoms with Gasteiger partial charge < -0.3 is 10.4 Å². The van der Waals surface area contributed by atoms with E-state index >= 15 is 0 Å². The van der Waals surface area contributed by atoms with Gasteiger partial charge in [-0.25, -0.2) is 4.98 Å². The Bertz CT molecular complexity index is 1290. The smallest absolute Gasteiger partial charge is 0.115 e. The molecule has 0 fully saturated rings. The molecular formula is C25H18N2O. The summed E-state index contributed by atoms with van der Waals surface area (Å²) in [7, 11) is 0. The standard InChI is InChI=1S/C25H18N2O/c28-21-13-11-20(12-14-21)26-25-16-24(27-23-8-4-3-7-22(23)25)19-10-9-17-5-1-2-6-18(17)15-19/h1-16,28H,(H,26,27). The van der Waals surface area contributed by atoms with Crippen LogP contribution < -0.4 is 5.32 Å². The van der Waals surface area contributed by atoms with Gasteiger partial charge in [-0.2, -0.15) is 0 Å². The summed E-state index contributed by atoms with van der Waals surface area (Å²) in [5, 5.41) is 16.5. The quantitative estimate of drug-likeness (QED) is 0.360. The lowest BCUT2D eigenvalue weighted by molar-refractivity contribution is 0.475. The molecule has 0 radical (unpaired) electrons. The number of fused-ring (bicyclic) bond motifs is 2. The second kappa shape index (κ2) is 6.71. The molecule has 5 aromatic rings. The van der Waals surface area contributed by atoms with Crippen LogP contribution in [0.1, 0.15) is 0 Å². The molecule has 2 N–H and O–H groups in total. The lowest BCUT2D eigenvalue weighted by atomic mass is 10.0. The van der Waals surface area contributed by atoms with E-state index in [0.717, 1.165) is 33.5 Å². The van der Waals surface area contributed by atoms with Crippen LogP contribution >= 0.6 is 0 Å². The molecule has 28 heavy (non-hydrogen) atoms. The van der Waals surface area contributed by atoms with Gasteiger partial charge in [0.1, 0.15) is 5.75 Å². The fourth-order valence-electron chi connectivity index (χ4n) is 3.48. The van der Waals surface area contributed by atoms with Crippen LogP contribution in [0.15, 0.2) is 97.1 Å². The van der Waals surface area contributed by atoms with E-state index in [-0.39, 0.29) is 5.75 Å². The maximum Gasteiger partial charge on any atom is 0.115 e. The summed E-state index contributed by atoms with van der Waals surface area (Å²) in [5.74, 6) is 0.252. The molecule has 0 aliphatic rings. The number of phenolic OH excluding ortho intramolecular Hbond substituents is 1. The molecule has 3 heteroatoms. The zero-order valence-corrected chi connectivity index (χ0v) is 15.1. The van der Waals surface area contributed by atoms with Crippen molar-refractivity contribution in [2.45, 2.75) is 0 Å². The summed E-state index contributed by atoms with van der Waals surface area (Å²) in [6.45, 7) is 0. The average Bonchev–Trinajstić information content (AvgIpc) is 2.75. The van der Waals surface area contributed by atoms with Crippen LogP contribution in [0.4, 0.5) is 11.4 Å². The van der Waals surface area contributed by atoms with Crippen molar-refractivity contribution in [3.8, 4) is 17.0 Å². The van der Waals surface area contributed by atoms with Crippen LogP contribution in [0.5, 0.6) is 5.75 Å². The number of nitrogens with zero attached hydrogens (tertiary/aromatic N) is 1.